The second kappa shape index (κ2) is 6.38. The van der Waals surface area contributed by atoms with E-state index in [1.165, 1.54) is 13.2 Å². The summed E-state index contributed by atoms with van der Waals surface area (Å²) in [6, 6.07) is 4.82. The highest BCUT2D eigenvalue weighted by Gasteiger charge is 2.07. The van der Waals surface area contributed by atoms with Crippen molar-refractivity contribution in [1.29, 1.82) is 0 Å². The predicted molar refractivity (Wildman–Crippen MR) is 65.7 cm³/mol. The van der Waals surface area contributed by atoms with Crippen LogP contribution in [0.4, 0.5) is 4.39 Å². The summed E-state index contributed by atoms with van der Waals surface area (Å²) < 4.78 is 18.2. The molecule has 3 heteroatoms. The van der Waals surface area contributed by atoms with Gasteiger partial charge in [0.2, 0.25) is 0 Å². The Labute approximate surface area is 102 Å². The van der Waals surface area contributed by atoms with Crippen LogP contribution in [0, 0.1) is 11.7 Å². The lowest BCUT2D eigenvalue weighted by molar-refractivity contribution is -0.119. The van der Waals surface area contributed by atoms with Crippen molar-refractivity contribution >= 4 is 5.78 Å². The number of hydrogen-bond acceptors (Lipinski definition) is 2. The summed E-state index contributed by atoms with van der Waals surface area (Å²) in [5.41, 5.74) is 0.834. The maximum Gasteiger partial charge on any atom is 0.165 e. The van der Waals surface area contributed by atoms with E-state index in [9.17, 15) is 9.18 Å². The van der Waals surface area contributed by atoms with E-state index in [0.29, 0.717) is 25.2 Å². The molecule has 0 aliphatic rings. The molecular weight excluding hydrogens is 219 g/mol. The minimum Gasteiger partial charge on any atom is -0.494 e. The van der Waals surface area contributed by atoms with Gasteiger partial charge in [0.05, 0.1) is 7.11 Å². The summed E-state index contributed by atoms with van der Waals surface area (Å²) in [6.07, 6.45) is 1.66. The van der Waals surface area contributed by atoms with E-state index < -0.39 is 0 Å². The Kier molecular flexibility index (Phi) is 5.13. The molecule has 0 fully saturated rings. The number of ketones is 1. The number of ether oxygens (including phenoxy) is 1. The number of carbonyl (C=O) groups excluding carboxylic acids is 1. The van der Waals surface area contributed by atoms with Gasteiger partial charge < -0.3 is 4.74 Å². The van der Waals surface area contributed by atoms with Crippen LogP contribution in [0.3, 0.4) is 0 Å². The van der Waals surface area contributed by atoms with Crippen LogP contribution in [-0.2, 0) is 11.2 Å². The molecule has 0 heterocycles. The molecule has 0 aromatic heterocycles. The van der Waals surface area contributed by atoms with E-state index in [1.54, 1.807) is 12.1 Å². The Hall–Kier alpha value is -1.38. The molecule has 1 aromatic carbocycles. The molecule has 0 N–H and O–H groups in total. The Morgan fingerprint density at radius 3 is 2.65 bits per heavy atom. The van der Waals surface area contributed by atoms with E-state index in [2.05, 4.69) is 0 Å². The molecule has 0 amide bonds. The average Bonchev–Trinajstić information content (AvgIpc) is 2.25. The van der Waals surface area contributed by atoms with Crippen molar-refractivity contribution < 1.29 is 13.9 Å². The molecular formula is C14H19FO2. The third-order valence-electron chi connectivity index (χ3n) is 2.54. The molecule has 0 saturated carbocycles. The first-order chi connectivity index (χ1) is 8.02. The Balaban J connectivity index is 2.52. The van der Waals surface area contributed by atoms with Gasteiger partial charge in [-0.3, -0.25) is 4.79 Å². The third-order valence-corrected chi connectivity index (χ3v) is 2.54. The van der Waals surface area contributed by atoms with Crippen LogP contribution in [0.2, 0.25) is 0 Å². The number of carbonyl (C=O) groups is 1. The monoisotopic (exact) mass is 238 g/mol. The largest absolute Gasteiger partial charge is 0.494 e. The van der Waals surface area contributed by atoms with Crippen molar-refractivity contribution in [3.8, 4) is 5.75 Å². The Morgan fingerprint density at radius 1 is 1.41 bits per heavy atom. The average molecular weight is 238 g/mol. The van der Waals surface area contributed by atoms with Gasteiger partial charge in [-0.05, 0) is 30.0 Å². The van der Waals surface area contributed by atoms with Crippen molar-refractivity contribution in [2.24, 2.45) is 5.92 Å². The van der Waals surface area contributed by atoms with Crippen LogP contribution < -0.4 is 4.74 Å². The lowest BCUT2D eigenvalue weighted by Crippen LogP contribution is -2.04. The summed E-state index contributed by atoms with van der Waals surface area (Å²) in [7, 11) is 1.43. The molecule has 0 radical (unpaired) electrons. The van der Waals surface area contributed by atoms with E-state index in [1.807, 2.05) is 13.8 Å². The summed E-state index contributed by atoms with van der Waals surface area (Å²) in [5.74, 6) is 0.481. The third kappa shape index (κ3) is 4.55. The second-order valence-electron chi connectivity index (χ2n) is 4.61. The molecule has 0 aliphatic heterocycles. The highest BCUT2D eigenvalue weighted by molar-refractivity contribution is 5.78. The summed E-state index contributed by atoms with van der Waals surface area (Å²) in [4.78, 5) is 11.5. The molecule has 0 spiro atoms. The Bertz CT molecular complexity index is 386. The number of methoxy groups -OCH3 is 1. The predicted octanol–water partition coefficient (Wildman–Crippen LogP) is 3.38. The first-order valence-corrected chi connectivity index (χ1v) is 5.87. The first kappa shape index (κ1) is 13.7. The standard InChI is InChI=1S/C14H19FO2/c1-10(2)8-12(16)6-4-11-5-7-14(17-3)13(15)9-11/h5,7,9-10H,4,6,8H2,1-3H3. The highest BCUT2D eigenvalue weighted by Crippen LogP contribution is 2.18. The van der Waals surface area contributed by atoms with Gasteiger partial charge in [0, 0.05) is 12.8 Å². The lowest BCUT2D eigenvalue weighted by Gasteiger charge is -2.06. The van der Waals surface area contributed by atoms with Crippen LogP contribution in [-0.4, -0.2) is 12.9 Å². The van der Waals surface area contributed by atoms with Crippen LogP contribution in [0.25, 0.3) is 0 Å². The second-order valence-corrected chi connectivity index (χ2v) is 4.61. The molecule has 17 heavy (non-hydrogen) atoms. The van der Waals surface area contributed by atoms with E-state index in [-0.39, 0.29) is 17.3 Å². The van der Waals surface area contributed by atoms with E-state index in [0.717, 1.165) is 5.56 Å². The van der Waals surface area contributed by atoms with Gasteiger partial charge in [0.1, 0.15) is 5.78 Å². The number of halogens is 1. The zero-order chi connectivity index (χ0) is 12.8. The van der Waals surface area contributed by atoms with Gasteiger partial charge in [-0.25, -0.2) is 4.39 Å². The fraction of sp³-hybridized carbons (Fsp3) is 0.500. The quantitative estimate of drug-likeness (QED) is 0.759. The number of aryl methyl sites for hydroxylation is 1. The van der Waals surface area contributed by atoms with Gasteiger partial charge in [-0.15, -0.1) is 0 Å². The van der Waals surface area contributed by atoms with E-state index >= 15 is 0 Å². The molecule has 0 unspecified atom stereocenters. The number of benzene rings is 1. The van der Waals surface area contributed by atoms with Crippen molar-refractivity contribution in [3.05, 3.63) is 29.6 Å². The molecule has 94 valence electrons. The van der Waals surface area contributed by atoms with Crippen molar-refractivity contribution in [2.75, 3.05) is 7.11 Å². The summed E-state index contributed by atoms with van der Waals surface area (Å²) >= 11 is 0. The highest BCUT2D eigenvalue weighted by atomic mass is 19.1. The number of rotatable bonds is 6. The first-order valence-electron chi connectivity index (χ1n) is 5.87. The zero-order valence-electron chi connectivity index (χ0n) is 10.6. The SMILES string of the molecule is COc1ccc(CCC(=O)CC(C)C)cc1F. The Morgan fingerprint density at radius 2 is 2.12 bits per heavy atom. The number of Topliss-reactive ketones (excluding diaryl/α,β-unsaturated/α-hetero) is 1. The molecule has 0 aliphatic carbocycles. The minimum atomic E-state index is -0.374. The lowest BCUT2D eigenvalue weighted by atomic mass is 10.0. The van der Waals surface area contributed by atoms with Gasteiger partial charge in [0.15, 0.2) is 11.6 Å². The fourth-order valence-corrected chi connectivity index (χ4v) is 1.71. The summed E-state index contributed by atoms with van der Waals surface area (Å²) in [5, 5.41) is 0. The van der Waals surface area contributed by atoms with Gasteiger partial charge in [-0.2, -0.15) is 0 Å². The summed E-state index contributed by atoms with van der Waals surface area (Å²) in [6.45, 7) is 4.04. The maximum absolute atomic E-state index is 13.4. The van der Waals surface area contributed by atoms with Crippen LogP contribution in [0.15, 0.2) is 18.2 Å². The molecule has 0 bridgehead atoms. The molecule has 1 aromatic rings. The fourth-order valence-electron chi connectivity index (χ4n) is 1.71. The molecule has 0 atom stereocenters. The normalized spacial score (nSPS) is 10.6. The van der Waals surface area contributed by atoms with Crippen LogP contribution >= 0.6 is 0 Å². The van der Waals surface area contributed by atoms with Crippen LogP contribution in [0.1, 0.15) is 32.3 Å². The van der Waals surface area contributed by atoms with Gasteiger partial charge >= 0.3 is 0 Å². The maximum atomic E-state index is 13.4. The van der Waals surface area contributed by atoms with Gasteiger partial charge in [-0.1, -0.05) is 19.9 Å². The van der Waals surface area contributed by atoms with Crippen molar-refractivity contribution in [2.45, 2.75) is 33.1 Å². The van der Waals surface area contributed by atoms with Crippen molar-refractivity contribution in [3.63, 3.8) is 0 Å². The minimum absolute atomic E-state index is 0.233. The molecule has 2 nitrogen and oxygen atoms in total. The van der Waals surface area contributed by atoms with Crippen molar-refractivity contribution in [1.82, 2.24) is 0 Å². The van der Waals surface area contributed by atoms with E-state index in [4.69, 9.17) is 4.74 Å². The smallest absolute Gasteiger partial charge is 0.165 e. The molecule has 1 rings (SSSR count). The molecule has 0 saturated heterocycles. The topological polar surface area (TPSA) is 26.3 Å². The van der Waals surface area contributed by atoms with Crippen LogP contribution in [0.5, 0.6) is 5.75 Å². The van der Waals surface area contributed by atoms with Gasteiger partial charge in [0.25, 0.3) is 0 Å². The zero-order valence-corrected chi connectivity index (χ0v) is 10.6. The number of hydrogen-bond donors (Lipinski definition) is 0.